The van der Waals surface area contributed by atoms with E-state index < -0.39 is 14.8 Å². The molecule has 0 aliphatic carbocycles. The van der Waals surface area contributed by atoms with Crippen molar-refractivity contribution < 1.29 is 13.3 Å². The molecule has 110 valence electrons. The molecular formula is C14H14N2O4S. The Labute approximate surface area is 122 Å². The molecule has 0 aliphatic rings. The molecule has 2 aromatic rings. The van der Waals surface area contributed by atoms with Gasteiger partial charge in [-0.15, -0.1) is 0 Å². The quantitative estimate of drug-likeness (QED) is 0.677. The largest absolute Gasteiger partial charge is 0.375 e. The number of sulfone groups is 1. The van der Waals surface area contributed by atoms with Gasteiger partial charge in [-0.05, 0) is 23.8 Å². The molecule has 0 unspecified atom stereocenters. The zero-order valence-electron chi connectivity index (χ0n) is 11.3. The SMILES string of the molecule is CS(=O)(=O)c1ccc(CNc2ccccc2[N+](=O)[O-])cc1. The maximum absolute atomic E-state index is 11.4. The van der Waals surface area contributed by atoms with E-state index in [9.17, 15) is 18.5 Å². The zero-order valence-corrected chi connectivity index (χ0v) is 12.1. The molecule has 0 heterocycles. The summed E-state index contributed by atoms with van der Waals surface area (Å²) in [6.45, 7) is 0.370. The summed E-state index contributed by atoms with van der Waals surface area (Å²) in [7, 11) is -3.21. The minimum Gasteiger partial charge on any atom is -0.375 e. The van der Waals surface area contributed by atoms with Gasteiger partial charge in [-0.2, -0.15) is 0 Å². The minimum atomic E-state index is -3.21. The Hall–Kier alpha value is -2.41. The fraction of sp³-hybridized carbons (Fsp3) is 0.143. The van der Waals surface area contributed by atoms with Crippen LogP contribution in [0.15, 0.2) is 53.4 Å². The Kier molecular flexibility index (Phi) is 4.23. The van der Waals surface area contributed by atoms with Gasteiger partial charge in [-0.3, -0.25) is 10.1 Å². The second-order valence-corrected chi connectivity index (χ2v) is 6.56. The van der Waals surface area contributed by atoms with Gasteiger partial charge >= 0.3 is 0 Å². The van der Waals surface area contributed by atoms with Gasteiger partial charge in [0.05, 0.1) is 9.82 Å². The standard InChI is InChI=1S/C14H14N2O4S/c1-21(19,20)12-8-6-11(7-9-12)10-15-13-4-2-3-5-14(13)16(17)18/h2-9,15H,10H2,1H3. The maximum Gasteiger partial charge on any atom is 0.292 e. The van der Waals surface area contributed by atoms with Crippen LogP contribution in [0.5, 0.6) is 0 Å². The summed E-state index contributed by atoms with van der Waals surface area (Å²) in [5.74, 6) is 0. The first-order valence-electron chi connectivity index (χ1n) is 6.14. The number of nitro benzene ring substituents is 1. The molecule has 2 aromatic carbocycles. The number of anilines is 1. The zero-order chi connectivity index (χ0) is 15.5. The molecule has 7 heteroatoms. The molecular weight excluding hydrogens is 292 g/mol. The number of nitro groups is 1. The van der Waals surface area contributed by atoms with Crippen molar-refractivity contribution in [1.82, 2.24) is 0 Å². The van der Waals surface area contributed by atoms with E-state index in [0.29, 0.717) is 12.2 Å². The molecule has 6 nitrogen and oxygen atoms in total. The van der Waals surface area contributed by atoms with Gasteiger partial charge in [0.15, 0.2) is 9.84 Å². The Bertz CT molecular complexity index is 755. The van der Waals surface area contributed by atoms with Gasteiger partial charge in [0.25, 0.3) is 5.69 Å². The molecule has 0 radical (unpaired) electrons. The minimum absolute atomic E-state index is 0.00487. The van der Waals surface area contributed by atoms with Gasteiger partial charge < -0.3 is 5.32 Å². The molecule has 0 aliphatic heterocycles. The average molecular weight is 306 g/mol. The first-order valence-corrected chi connectivity index (χ1v) is 8.03. The van der Waals surface area contributed by atoms with Crippen LogP contribution in [0.4, 0.5) is 11.4 Å². The van der Waals surface area contributed by atoms with E-state index in [1.54, 1.807) is 30.3 Å². The summed E-state index contributed by atoms with van der Waals surface area (Å²) in [6, 6.07) is 12.8. The van der Waals surface area contributed by atoms with Crippen molar-refractivity contribution >= 4 is 21.2 Å². The molecule has 0 fully saturated rings. The second-order valence-electron chi connectivity index (χ2n) is 4.54. The number of hydrogen-bond acceptors (Lipinski definition) is 5. The first kappa shape index (κ1) is 15.0. The van der Waals surface area contributed by atoms with Crippen molar-refractivity contribution in [3.63, 3.8) is 0 Å². The molecule has 1 N–H and O–H groups in total. The predicted molar refractivity (Wildman–Crippen MR) is 80.0 cm³/mol. The third kappa shape index (κ3) is 3.79. The lowest BCUT2D eigenvalue weighted by Gasteiger charge is -2.07. The summed E-state index contributed by atoms with van der Waals surface area (Å²) < 4.78 is 22.7. The summed E-state index contributed by atoms with van der Waals surface area (Å²) in [5, 5.41) is 13.9. The smallest absolute Gasteiger partial charge is 0.292 e. The van der Waals surface area contributed by atoms with E-state index in [4.69, 9.17) is 0 Å². The van der Waals surface area contributed by atoms with E-state index in [2.05, 4.69) is 5.32 Å². The predicted octanol–water partition coefficient (Wildman–Crippen LogP) is 2.61. The number of para-hydroxylation sites is 2. The van der Waals surface area contributed by atoms with Gasteiger partial charge in [-0.1, -0.05) is 24.3 Å². The number of nitrogens with one attached hydrogen (secondary N) is 1. The fourth-order valence-electron chi connectivity index (χ4n) is 1.83. The van der Waals surface area contributed by atoms with Gasteiger partial charge in [0.2, 0.25) is 0 Å². The summed E-state index contributed by atoms with van der Waals surface area (Å²) >= 11 is 0. The third-order valence-electron chi connectivity index (χ3n) is 2.94. The van der Waals surface area contributed by atoms with E-state index in [-0.39, 0.29) is 10.6 Å². The molecule has 0 saturated heterocycles. The normalized spacial score (nSPS) is 11.1. The monoisotopic (exact) mass is 306 g/mol. The maximum atomic E-state index is 11.4. The van der Waals surface area contributed by atoms with Crippen LogP contribution >= 0.6 is 0 Å². The number of rotatable bonds is 5. The Morgan fingerprint density at radius 2 is 1.71 bits per heavy atom. The molecule has 0 saturated carbocycles. The highest BCUT2D eigenvalue weighted by Crippen LogP contribution is 2.23. The Morgan fingerprint density at radius 3 is 2.29 bits per heavy atom. The Balaban J connectivity index is 2.12. The van der Waals surface area contributed by atoms with Crippen molar-refractivity contribution in [3.8, 4) is 0 Å². The molecule has 0 spiro atoms. The van der Waals surface area contributed by atoms with Crippen molar-refractivity contribution in [1.29, 1.82) is 0 Å². The first-order chi connectivity index (χ1) is 9.88. The van der Waals surface area contributed by atoms with Crippen LogP contribution in [0.1, 0.15) is 5.56 Å². The third-order valence-corrected chi connectivity index (χ3v) is 4.06. The van der Waals surface area contributed by atoms with Crippen molar-refractivity contribution in [2.24, 2.45) is 0 Å². The topological polar surface area (TPSA) is 89.3 Å². The van der Waals surface area contributed by atoms with Crippen molar-refractivity contribution in [2.45, 2.75) is 11.4 Å². The van der Waals surface area contributed by atoms with Crippen LogP contribution in [0.25, 0.3) is 0 Å². The highest BCUT2D eigenvalue weighted by atomic mass is 32.2. The van der Waals surface area contributed by atoms with Crippen LogP contribution in [0.3, 0.4) is 0 Å². The van der Waals surface area contributed by atoms with E-state index in [1.807, 2.05) is 0 Å². The lowest BCUT2D eigenvalue weighted by atomic mass is 10.2. The second kappa shape index (κ2) is 5.92. The molecule has 0 aromatic heterocycles. The van der Waals surface area contributed by atoms with Crippen LogP contribution in [-0.4, -0.2) is 19.6 Å². The summed E-state index contributed by atoms with van der Waals surface area (Å²) in [5.41, 5.74) is 1.26. The molecule has 0 bridgehead atoms. The van der Waals surface area contributed by atoms with Gasteiger partial charge in [0.1, 0.15) is 5.69 Å². The number of hydrogen-bond donors (Lipinski definition) is 1. The summed E-state index contributed by atoms with van der Waals surface area (Å²) in [4.78, 5) is 10.7. The summed E-state index contributed by atoms with van der Waals surface area (Å²) in [6.07, 6.45) is 1.15. The van der Waals surface area contributed by atoms with Gasteiger partial charge in [-0.25, -0.2) is 8.42 Å². The van der Waals surface area contributed by atoms with E-state index in [1.165, 1.54) is 18.2 Å². The Morgan fingerprint density at radius 1 is 1.10 bits per heavy atom. The average Bonchev–Trinajstić information content (AvgIpc) is 2.45. The van der Waals surface area contributed by atoms with E-state index in [0.717, 1.165) is 11.8 Å². The van der Waals surface area contributed by atoms with Gasteiger partial charge in [0, 0.05) is 18.9 Å². The van der Waals surface area contributed by atoms with Crippen LogP contribution in [-0.2, 0) is 16.4 Å². The van der Waals surface area contributed by atoms with E-state index >= 15 is 0 Å². The van der Waals surface area contributed by atoms with Crippen LogP contribution < -0.4 is 5.32 Å². The molecule has 0 atom stereocenters. The molecule has 21 heavy (non-hydrogen) atoms. The molecule has 0 amide bonds. The highest BCUT2D eigenvalue weighted by molar-refractivity contribution is 7.90. The lowest BCUT2D eigenvalue weighted by Crippen LogP contribution is -2.03. The lowest BCUT2D eigenvalue weighted by molar-refractivity contribution is -0.384. The fourth-order valence-corrected chi connectivity index (χ4v) is 2.46. The van der Waals surface area contributed by atoms with Crippen LogP contribution in [0.2, 0.25) is 0 Å². The number of nitrogens with zero attached hydrogens (tertiary/aromatic N) is 1. The van der Waals surface area contributed by atoms with Crippen molar-refractivity contribution in [2.75, 3.05) is 11.6 Å². The highest BCUT2D eigenvalue weighted by Gasteiger charge is 2.12. The van der Waals surface area contributed by atoms with Crippen molar-refractivity contribution in [3.05, 3.63) is 64.2 Å². The molecule has 2 rings (SSSR count). The van der Waals surface area contributed by atoms with Crippen LogP contribution in [0, 0.1) is 10.1 Å². The number of benzene rings is 2.